The minimum Gasteiger partial charge on any atom is -0.380 e. The number of ether oxygens (including phenoxy) is 1. The monoisotopic (exact) mass is 243 g/mol. The summed E-state index contributed by atoms with van der Waals surface area (Å²) in [7, 11) is 0. The molecule has 3 rings (SSSR count). The highest BCUT2D eigenvalue weighted by Gasteiger charge is 2.16. The quantitative estimate of drug-likeness (QED) is 0.894. The third-order valence-corrected chi connectivity index (χ3v) is 3.20. The molecule has 4 nitrogen and oxygen atoms in total. The third-order valence-electron chi connectivity index (χ3n) is 3.20. The van der Waals surface area contributed by atoms with E-state index in [1.165, 1.54) is 11.3 Å². The largest absolute Gasteiger partial charge is 0.380 e. The molecule has 2 heterocycles. The first-order valence-corrected chi connectivity index (χ1v) is 6.31. The number of rotatable bonds is 4. The zero-order valence-corrected chi connectivity index (χ0v) is 10.2. The Morgan fingerprint density at radius 1 is 1.33 bits per heavy atom. The van der Waals surface area contributed by atoms with Gasteiger partial charge in [0.05, 0.1) is 19.2 Å². The molecule has 0 amide bonds. The smallest absolute Gasteiger partial charge is 0.0679 e. The second-order valence-corrected chi connectivity index (χ2v) is 4.57. The summed E-state index contributed by atoms with van der Waals surface area (Å²) >= 11 is 0. The molecule has 1 fully saturated rings. The van der Waals surface area contributed by atoms with Crippen molar-refractivity contribution in [2.45, 2.75) is 19.0 Å². The minimum absolute atomic E-state index is 0.434. The van der Waals surface area contributed by atoms with Gasteiger partial charge in [0.15, 0.2) is 0 Å². The van der Waals surface area contributed by atoms with Crippen LogP contribution >= 0.6 is 0 Å². The molecule has 1 saturated heterocycles. The fourth-order valence-corrected chi connectivity index (χ4v) is 2.24. The Morgan fingerprint density at radius 2 is 2.28 bits per heavy atom. The fourth-order valence-electron chi connectivity index (χ4n) is 2.24. The van der Waals surface area contributed by atoms with Gasteiger partial charge in [-0.3, -0.25) is 4.68 Å². The molecule has 94 valence electrons. The Balaban J connectivity index is 1.76. The van der Waals surface area contributed by atoms with Crippen molar-refractivity contribution >= 4 is 5.69 Å². The van der Waals surface area contributed by atoms with Crippen LogP contribution in [0.15, 0.2) is 42.7 Å². The van der Waals surface area contributed by atoms with Gasteiger partial charge in [0.1, 0.15) is 0 Å². The molecular formula is C14H17N3O. The number of benzene rings is 1. The highest BCUT2D eigenvalue weighted by Crippen LogP contribution is 2.19. The Bertz CT molecular complexity index is 490. The molecule has 1 N–H and O–H groups in total. The molecule has 0 bridgehead atoms. The standard InChI is InChI=1S/C14H17N3O/c1-2-5-14(16-13-6-9-18-11-13)12(4-1)10-17-8-3-7-15-17/h1-5,7-8,13,16H,6,9-11H2. The molecule has 0 spiro atoms. The molecular weight excluding hydrogens is 226 g/mol. The first kappa shape index (κ1) is 11.3. The SMILES string of the molecule is c1ccc(NC2CCOC2)c(Cn2cccn2)c1. The lowest BCUT2D eigenvalue weighted by molar-refractivity contribution is 0.195. The Hall–Kier alpha value is -1.81. The molecule has 0 saturated carbocycles. The van der Waals surface area contributed by atoms with Crippen LogP contribution < -0.4 is 5.32 Å². The van der Waals surface area contributed by atoms with E-state index in [0.717, 1.165) is 26.2 Å². The maximum absolute atomic E-state index is 5.39. The van der Waals surface area contributed by atoms with Crippen molar-refractivity contribution in [3.63, 3.8) is 0 Å². The lowest BCUT2D eigenvalue weighted by Gasteiger charge is -2.16. The van der Waals surface area contributed by atoms with Crippen LogP contribution in [0.25, 0.3) is 0 Å². The van der Waals surface area contributed by atoms with E-state index < -0.39 is 0 Å². The Kier molecular flexibility index (Phi) is 3.28. The van der Waals surface area contributed by atoms with Crippen LogP contribution in [0, 0.1) is 0 Å². The maximum atomic E-state index is 5.39. The van der Waals surface area contributed by atoms with Crippen molar-refractivity contribution in [1.29, 1.82) is 0 Å². The van der Waals surface area contributed by atoms with Gasteiger partial charge in [-0.05, 0) is 24.1 Å². The second-order valence-electron chi connectivity index (χ2n) is 4.57. The Morgan fingerprint density at radius 3 is 3.06 bits per heavy atom. The molecule has 18 heavy (non-hydrogen) atoms. The van der Waals surface area contributed by atoms with E-state index in [2.05, 4.69) is 34.7 Å². The lowest BCUT2D eigenvalue weighted by Crippen LogP contribution is -2.20. The van der Waals surface area contributed by atoms with E-state index in [1.807, 2.05) is 16.9 Å². The van der Waals surface area contributed by atoms with Crippen molar-refractivity contribution in [2.75, 3.05) is 18.5 Å². The summed E-state index contributed by atoms with van der Waals surface area (Å²) in [4.78, 5) is 0. The van der Waals surface area contributed by atoms with Gasteiger partial charge >= 0.3 is 0 Å². The highest BCUT2D eigenvalue weighted by molar-refractivity contribution is 5.52. The van der Waals surface area contributed by atoms with Crippen LogP contribution in [0.5, 0.6) is 0 Å². The van der Waals surface area contributed by atoms with Crippen LogP contribution in [0.3, 0.4) is 0 Å². The molecule has 1 aliphatic rings. The normalized spacial score (nSPS) is 19.0. The van der Waals surface area contributed by atoms with Crippen molar-refractivity contribution in [3.05, 3.63) is 48.3 Å². The first-order valence-electron chi connectivity index (χ1n) is 6.31. The number of nitrogens with zero attached hydrogens (tertiary/aromatic N) is 2. The van der Waals surface area contributed by atoms with E-state index in [1.54, 1.807) is 6.20 Å². The first-order chi connectivity index (χ1) is 8.92. The highest BCUT2D eigenvalue weighted by atomic mass is 16.5. The van der Waals surface area contributed by atoms with E-state index in [0.29, 0.717) is 6.04 Å². The summed E-state index contributed by atoms with van der Waals surface area (Å²) < 4.78 is 7.33. The fraction of sp³-hybridized carbons (Fsp3) is 0.357. The average Bonchev–Trinajstić information content (AvgIpc) is 3.05. The topological polar surface area (TPSA) is 39.1 Å². The number of nitrogens with one attached hydrogen (secondary N) is 1. The third kappa shape index (κ3) is 2.54. The van der Waals surface area contributed by atoms with Crippen LogP contribution in [-0.4, -0.2) is 29.0 Å². The average molecular weight is 243 g/mol. The molecule has 1 aliphatic heterocycles. The molecule has 1 atom stereocenters. The van der Waals surface area contributed by atoms with Gasteiger partial charge in [-0.2, -0.15) is 5.10 Å². The van der Waals surface area contributed by atoms with Gasteiger partial charge in [-0.15, -0.1) is 0 Å². The van der Waals surface area contributed by atoms with Gasteiger partial charge in [0.2, 0.25) is 0 Å². The maximum Gasteiger partial charge on any atom is 0.0679 e. The summed E-state index contributed by atoms with van der Waals surface area (Å²) in [5.41, 5.74) is 2.44. The second kappa shape index (κ2) is 5.23. The van der Waals surface area contributed by atoms with Crippen molar-refractivity contribution in [1.82, 2.24) is 9.78 Å². The van der Waals surface area contributed by atoms with Crippen LogP contribution in [-0.2, 0) is 11.3 Å². The minimum atomic E-state index is 0.434. The summed E-state index contributed by atoms with van der Waals surface area (Å²) in [6, 6.07) is 10.8. The van der Waals surface area contributed by atoms with E-state index in [4.69, 9.17) is 4.74 Å². The zero-order chi connectivity index (χ0) is 12.2. The molecule has 0 radical (unpaired) electrons. The number of aromatic nitrogens is 2. The molecule has 1 aromatic heterocycles. The predicted octanol–water partition coefficient (Wildman–Crippen LogP) is 2.13. The van der Waals surface area contributed by atoms with E-state index >= 15 is 0 Å². The summed E-state index contributed by atoms with van der Waals surface area (Å²) in [6.45, 7) is 2.46. The molecule has 0 aliphatic carbocycles. The van der Waals surface area contributed by atoms with Crippen LogP contribution in [0.4, 0.5) is 5.69 Å². The van der Waals surface area contributed by atoms with Crippen LogP contribution in [0.2, 0.25) is 0 Å². The van der Waals surface area contributed by atoms with Gasteiger partial charge in [-0.1, -0.05) is 18.2 Å². The van der Waals surface area contributed by atoms with Crippen molar-refractivity contribution < 1.29 is 4.74 Å². The number of hydrogen-bond acceptors (Lipinski definition) is 3. The molecule has 4 heteroatoms. The lowest BCUT2D eigenvalue weighted by atomic mass is 10.1. The molecule has 2 aromatic rings. The number of para-hydroxylation sites is 1. The van der Waals surface area contributed by atoms with Gasteiger partial charge in [0, 0.05) is 24.7 Å². The predicted molar refractivity (Wildman–Crippen MR) is 70.6 cm³/mol. The van der Waals surface area contributed by atoms with Crippen molar-refractivity contribution in [2.24, 2.45) is 0 Å². The summed E-state index contributed by atoms with van der Waals surface area (Å²) in [5.74, 6) is 0. The molecule has 1 unspecified atom stereocenters. The zero-order valence-electron chi connectivity index (χ0n) is 10.2. The Labute approximate surface area is 107 Å². The van der Waals surface area contributed by atoms with E-state index in [-0.39, 0.29) is 0 Å². The molecule has 1 aromatic carbocycles. The van der Waals surface area contributed by atoms with Crippen molar-refractivity contribution in [3.8, 4) is 0 Å². The summed E-state index contributed by atoms with van der Waals surface area (Å²) in [6.07, 6.45) is 4.87. The number of hydrogen-bond donors (Lipinski definition) is 1. The number of anilines is 1. The van der Waals surface area contributed by atoms with Gasteiger partial charge < -0.3 is 10.1 Å². The van der Waals surface area contributed by atoms with Gasteiger partial charge in [0.25, 0.3) is 0 Å². The summed E-state index contributed by atoms with van der Waals surface area (Å²) in [5, 5.41) is 7.80. The van der Waals surface area contributed by atoms with Gasteiger partial charge in [-0.25, -0.2) is 0 Å². The van der Waals surface area contributed by atoms with E-state index in [9.17, 15) is 0 Å². The van der Waals surface area contributed by atoms with Crippen LogP contribution in [0.1, 0.15) is 12.0 Å².